The van der Waals surface area contributed by atoms with Gasteiger partial charge in [-0.15, -0.1) is 0 Å². The van der Waals surface area contributed by atoms with Crippen molar-refractivity contribution in [1.29, 1.82) is 0 Å². The molecule has 154 valence electrons. The summed E-state index contributed by atoms with van der Waals surface area (Å²) in [6, 6.07) is 8.90. The Balaban J connectivity index is 1.36. The zero-order valence-corrected chi connectivity index (χ0v) is 16.3. The summed E-state index contributed by atoms with van der Waals surface area (Å²) in [5.74, 6) is -0.375. The Morgan fingerprint density at radius 1 is 1.07 bits per heavy atom. The van der Waals surface area contributed by atoms with Gasteiger partial charge in [0.2, 0.25) is 0 Å². The maximum absolute atomic E-state index is 12.3. The number of carbonyl (C=O) groups is 3. The van der Waals surface area contributed by atoms with E-state index in [1.54, 1.807) is 30.2 Å². The lowest BCUT2D eigenvalue weighted by atomic mass is 9.96. The maximum atomic E-state index is 12.3. The fourth-order valence-electron chi connectivity index (χ4n) is 3.23. The van der Waals surface area contributed by atoms with E-state index < -0.39 is 11.8 Å². The molecule has 0 atom stereocenters. The number of benzene rings is 1. The monoisotopic (exact) mass is 399 g/mol. The zero-order valence-electron chi connectivity index (χ0n) is 16.3. The van der Waals surface area contributed by atoms with Gasteiger partial charge in [-0.3, -0.25) is 14.4 Å². The summed E-state index contributed by atoms with van der Waals surface area (Å²) in [4.78, 5) is 38.1. The van der Waals surface area contributed by atoms with Crippen LogP contribution in [0.15, 0.2) is 47.3 Å². The number of piperidine rings is 1. The number of hydrogen-bond acceptors (Lipinski definition) is 5. The fourth-order valence-corrected chi connectivity index (χ4v) is 3.23. The molecule has 1 aromatic carbocycles. The van der Waals surface area contributed by atoms with Gasteiger partial charge in [0.15, 0.2) is 0 Å². The Bertz CT molecular complexity index is 825. The van der Waals surface area contributed by atoms with Crippen LogP contribution in [0.2, 0.25) is 0 Å². The van der Waals surface area contributed by atoms with Crippen LogP contribution in [0.5, 0.6) is 5.75 Å². The second-order valence-corrected chi connectivity index (χ2v) is 6.99. The molecule has 1 fully saturated rings. The molecule has 1 aliphatic rings. The van der Waals surface area contributed by atoms with Gasteiger partial charge in [0.05, 0.1) is 18.9 Å². The molecule has 3 rings (SSSR count). The van der Waals surface area contributed by atoms with Crippen LogP contribution in [0.1, 0.15) is 28.8 Å². The molecule has 2 heterocycles. The van der Waals surface area contributed by atoms with Crippen molar-refractivity contribution in [2.45, 2.75) is 19.4 Å². The van der Waals surface area contributed by atoms with E-state index in [0.29, 0.717) is 25.2 Å². The summed E-state index contributed by atoms with van der Waals surface area (Å²) in [7, 11) is 1.59. The van der Waals surface area contributed by atoms with Crippen LogP contribution in [0.4, 0.5) is 0 Å². The third-order valence-corrected chi connectivity index (χ3v) is 5.04. The topological polar surface area (TPSA) is 101 Å². The SMILES string of the molecule is COc1ccc(CNC(=O)C(=O)NCC2CCN(C(=O)c3ccoc3)CC2)cc1. The third-order valence-electron chi connectivity index (χ3n) is 5.04. The molecule has 2 N–H and O–H groups in total. The van der Waals surface area contributed by atoms with Gasteiger partial charge in [0.25, 0.3) is 5.91 Å². The summed E-state index contributed by atoms with van der Waals surface area (Å²) in [5.41, 5.74) is 1.42. The average molecular weight is 399 g/mol. The first-order chi connectivity index (χ1) is 14.1. The lowest BCUT2D eigenvalue weighted by Crippen LogP contribution is -2.44. The summed E-state index contributed by atoms with van der Waals surface area (Å²) in [5, 5.41) is 5.30. The number of likely N-dealkylation sites (tertiary alicyclic amines) is 1. The Labute approximate surface area is 169 Å². The van der Waals surface area contributed by atoms with E-state index in [4.69, 9.17) is 9.15 Å². The van der Waals surface area contributed by atoms with E-state index in [1.165, 1.54) is 12.5 Å². The molecule has 1 aromatic heterocycles. The highest BCUT2D eigenvalue weighted by atomic mass is 16.5. The Morgan fingerprint density at radius 3 is 2.38 bits per heavy atom. The van der Waals surface area contributed by atoms with Crippen molar-refractivity contribution in [3.05, 3.63) is 54.0 Å². The highest BCUT2D eigenvalue weighted by Crippen LogP contribution is 2.18. The quantitative estimate of drug-likeness (QED) is 0.718. The van der Waals surface area contributed by atoms with E-state index in [-0.39, 0.29) is 18.4 Å². The van der Waals surface area contributed by atoms with E-state index in [1.807, 2.05) is 12.1 Å². The van der Waals surface area contributed by atoms with E-state index in [0.717, 1.165) is 24.2 Å². The lowest BCUT2D eigenvalue weighted by molar-refractivity contribution is -0.139. The summed E-state index contributed by atoms with van der Waals surface area (Å²) in [6.45, 7) is 1.93. The number of amides is 3. The Kier molecular flexibility index (Phi) is 6.89. The van der Waals surface area contributed by atoms with Crippen LogP contribution in [0, 0.1) is 5.92 Å². The number of nitrogens with zero attached hydrogens (tertiary/aromatic N) is 1. The van der Waals surface area contributed by atoms with Gasteiger partial charge in [0.1, 0.15) is 12.0 Å². The number of ether oxygens (including phenoxy) is 1. The van der Waals surface area contributed by atoms with Crippen molar-refractivity contribution >= 4 is 17.7 Å². The minimum Gasteiger partial charge on any atom is -0.497 e. The van der Waals surface area contributed by atoms with Gasteiger partial charge in [0, 0.05) is 26.2 Å². The number of rotatable bonds is 6. The molecule has 2 aromatic rings. The molecule has 1 aliphatic heterocycles. The number of hydrogen-bond donors (Lipinski definition) is 2. The zero-order chi connectivity index (χ0) is 20.6. The minimum atomic E-state index is -0.659. The van der Waals surface area contributed by atoms with Gasteiger partial charge in [-0.05, 0) is 42.5 Å². The molecule has 0 radical (unpaired) electrons. The normalized spacial score (nSPS) is 14.3. The van der Waals surface area contributed by atoms with Gasteiger partial charge < -0.3 is 24.7 Å². The number of methoxy groups -OCH3 is 1. The van der Waals surface area contributed by atoms with Crippen molar-refractivity contribution in [2.24, 2.45) is 5.92 Å². The van der Waals surface area contributed by atoms with Gasteiger partial charge >= 0.3 is 11.8 Å². The Morgan fingerprint density at radius 2 is 1.76 bits per heavy atom. The third kappa shape index (κ3) is 5.60. The highest BCUT2D eigenvalue weighted by molar-refractivity contribution is 6.35. The van der Waals surface area contributed by atoms with Crippen molar-refractivity contribution in [3.63, 3.8) is 0 Å². The molecule has 1 saturated heterocycles. The van der Waals surface area contributed by atoms with Crippen LogP contribution in [0.25, 0.3) is 0 Å². The number of nitrogens with one attached hydrogen (secondary N) is 2. The summed E-state index contributed by atoms with van der Waals surface area (Å²) < 4.78 is 10.0. The molecule has 8 nitrogen and oxygen atoms in total. The maximum Gasteiger partial charge on any atom is 0.309 e. The van der Waals surface area contributed by atoms with Crippen molar-refractivity contribution in [2.75, 3.05) is 26.7 Å². The second kappa shape index (κ2) is 9.77. The molecule has 0 aliphatic carbocycles. The molecule has 0 spiro atoms. The number of carbonyl (C=O) groups excluding carboxylic acids is 3. The van der Waals surface area contributed by atoms with Crippen LogP contribution in [-0.4, -0.2) is 49.4 Å². The van der Waals surface area contributed by atoms with Crippen LogP contribution < -0.4 is 15.4 Å². The van der Waals surface area contributed by atoms with Gasteiger partial charge in [-0.25, -0.2) is 0 Å². The standard InChI is InChI=1S/C21H25N3O5/c1-28-18-4-2-15(3-5-18)12-22-19(25)20(26)23-13-16-6-9-24(10-7-16)21(27)17-8-11-29-14-17/h2-5,8,11,14,16H,6-7,9-10,12-13H2,1H3,(H,22,25)(H,23,26). The molecule has 3 amide bonds. The molecule has 0 saturated carbocycles. The second-order valence-electron chi connectivity index (χ2n) is 6.99. The smallest absolute Gasteiger partial charge is 0.309 e. The highest BCUT2D eigenvalue weighted by Gasteiger charge is 2.25. The fraction of sp³-hybridized carbons (Fsp3) is 0.381. The molecule has 0 unspecified atom stereocenters. The van der Waals surface area contributed by atoms with E-state index in [2.05, 4.69) is 10.6 Å². The van der Waals surface area contributed by atoms with E-state index >= 15 is 0 Å². The van der Waals surface area contributed by atoms with Crippen molar-refractivity contribution in [3.8, 4) is 5.75 Å². The van der Waals surface area contributed by atoms with Crippen molar-refractivity contribution < 1.29 is 23.5 Å². The molecule has 8 heteroatoms. The lowest BCUT2D eigenvalue weighted by Gasteiger charge is -2.31. The van der Waals surface area contributed by atoms with Crippen LogP contribution >= 0.6 is 0 Å². The van der Waals surface area contributed by atoms with Crippen molar-refractivity contribution in [1.82, 2.24) is 15.5 Å². The Hall–Kier alpha value is -3.29. The molecule has 29 heavy (non-hydrogen) atoms. The summed E-state index contributed by atoms with van der Waals surface area (Å²) in [6.07, 6.45) is 4.48. The van der Waals surface area contributed by atoms with Crippen LogP contribution in [-0.2, 0) is 16.1 Å². The minimum absolute atomic E-state index is 0.0425. The molecular weight excluding hydrogens is 374 g/mol. The average Bonchev–Trinajstić information content (AvgIpc) is 3.31. The summed E-state index contributed by atoms with van der Waals surface area (Å²) >= 11 is 0. The van der Waals surface area contributed by atoms with Crippen LogP contribution in [0.3, 0.4) is 0 Å². The van der Waals surface area contributed by atoms with E-state index in [9.17, 15) is 14.4 Å². The van der Waals surface area contributed by atoms with Gasteiger partial charge in [-0.1, -0.05) is 12.1 Å². The molecule has 0 bridgehead atoms. The molecular formula is C21H25N3O5. The first-order valence-corrected chi connectivity index (χ1v) is 9.57. The first kappa shape index (κ1) is 20.4. The van der Waals surface area contributed by atoms with Gasteiger partial charge in [-0.2, -0.15) is 0 Å². The first-order valence-electron chi connectivity index (χ1n) is 9.57. The predicted molar refractivity (Wildman–Crippen MR) is 105 cm³/mol. The number of furan rings is 1. The largest absolute Gasteiger partial charge is 0.497 e. The predicted octanol–water partition coefficient (Wildman–Crippen LogP) is 1.57.